The quantitative estimate of drug-likeness (QED) is 0.480. The first-order valence-electron chi connectivity index (χ1n) is 7.38. The van der Waals surface area contributed by atoms with Crippen LogP contribution in [0.4, 0.5) is 5.82 Å². The molecule has 1 aromatic rings. The van der Waals surface area contributed by atoms with Crippen molar-refractivity contribution >= 4 is 12.8 Å². The molecular weight excluding hydrogens is 249 g/mol. The fraction of sp³-hybridized carbons (Fsp3) is 0.533. The highest BCUT2D eigenvalue weighted by atomic mass is 16.5. The van der Waals surface area contributed by atoms with Gasteiger partial charge < -0.3 is 9.33 Å². The maximum absolute atomic E-state index is 5.85. The summed E-state index contributed by atoms with van der Waals surface area (Å²) in [5, 5.41) is 0.0112. The number of aromatic nitrogens is 1. The first-order valence-corrected chi connectivity index (χ1v) is 7.38. The molecule has 1 aromatic heterocycles. The van der Waals surface area contributed by atoms with Crippen molar-refractivity contribution in [3.63, 3.8) is 0 Å². The molecule has 0 bridgehead atoms. The molecule has 3 heterocycles. The van der Waals surface area contributed by atoms with E-state index < -0.39 is 0 Å². The van der Waals surface area contributed by atoms with E-state index >= 15 is 0 Å². The number of nitrogens with zero attached hydrogens (tertiary/aromatic N) is 3. The second-order valence-electron chi connectivity index (χ2n) is 6.06. The Balaban J connectivity index is 2.30. The van der Waals surface area contributed by atoms with Crippen molar-refractivity contribution in [1.29, 1.82) is 0 Å². The summed E-state index contributed by atoms with van der Waals surface area (Å²) in [6.45, 7) is 11.3. The molecule has 0 radical (unpaired) electrons. The van der Waals surface area contributed by atoms with Gasteiger partial charge in [-0.1, -0.05) is 32.1 Å². The van der Waals surface area contributed by atoms with Gasteiger partial charge in [0.2, 0.25) is 0 Å². The van der Waals surface area contributed by atoms with E-state index in [1.807, 2.05) is 10.8 Å². The summed E-state index contributed by atoms with van der Waals surface area (Å²) in [6.07, 6.45) is 10.1. The molecule has 20 heavy (non-hydrogen) atoms. The van der Waals surface area contributed by atoms with Gasteiger partial charge in [0.25, 0.3) is 0 Å². The topological polar surface area (TPSA) is 23.5 Å². The van der Waals surface area contributed by atoms with E-state index in [1.54, 1.807) is 6.26 Å². The van der Waals surface area contributed by atoms with E-state index in [-0.39, 0.29) is 10.9 Å². The van der Waals surface area contributed by atoms with Crippen molar-refractivity contribution in [3.8, 4) is 0 Å². The highest BCUT2D eigenvalue weighted by molar-refractivity contribution is 6.65. The molecule has 0 aromatic carbocycles. The lowest BCUT2D eigenvalue weighted by Gasteiger charge is -2.48. The Bertz CT molecular complexity index is 569. The number of anilines is 1. The average molecular weight is 272 g/mol. The zero-order valence-corrected chi connectivity index (χ0v) is 12.8. The van der Waals surface area contributed by atoms with Crippen LogP contribution < -0.4 is 9.55 Å². The molecule has 0 N–H and O–H groups in total. The van der Waals surface area contributed by atoms with Crippen molar-refractivity contribution in [3.05, 3.63) is 37.4 Å². The first-order chi connectivity index (χ1) is 9.55. The third-order valence-corrected chi connectivity index (χ3v) is 5.50. The third-order valence-electron chi connectivity index (χ3n) is 5.50. The van der Waals surface area contributed by atoms with Gasteiger partial charge in [0.1, 0.15) is 0 Å². The Morgan fingerprint density at radius 3 is 2.75 bits per heavy atom. The van der Waals surface area contributed by atoms with Crippen LogP contribution in [0, 0.1) is 0 Å². The van der Waals surface area contributed by atoms with Crippen LogP contribution >= 0.6 is 0 Å². The second-order valence-corrected chi connectivity index (χ2v) is 6.06. The summed E-state index contributed by atoms with van der Waals surface area (Å²) in [7, 11) is 2.15. The maximum atomic E-state index is 5.85. The number of allylic oxidation sites excluding steroid dienone is 1. The van der Waals surface area contributed by atoms with Crippen molar-refractivity contribution in [2.24, 2.45) is 0 Å². The summed E-state index contributed by atoms with van der Waals surface area (Å²) >= 11 is 0. The van der Waals surface area contributed by atoms with Crippen LogP contribution in [0.15, 0.2) is 41.9 Å². The summed E-state index contributed by atoms with van der Waals surface area (Å²) < 4.78 is 7.89. The minimum absolute atomic E-state index is 0.0112. The summed E-state index contributed by atoms with van der Waals surface area (Å²) in [5.74, 6) is 1.10. The molecule has 0 saturated carbocycles. The molecule has 5 heteroatoms. The lowest BCUT2D eigenvalue weighted by atomic mass is 9.39. The highest BCUT2D eigenvalue weighted by Crippen LogP contribution is 2.55. The molecular formula is C15H23BN3O+. The zero-order valence-electron chi connectivity index (χ0n) is 12.8. The van der Waals surface area contributed by atoms with Crippen LogP contribution in [0.3, 0.4) is 0 Å². The first kappa shape index (κ1) is 13.3. The molecule has 2 aliphatic heterocycles. The lowest BCUT2D eigenvalue weighted by Crippen LogP contribution is -2.73. The molecule has 0 amide bonds. The van der Waals surface area contributed by atoms with E-state index in [4.69, 9.17) is 4.52 Å². The van der Waals surface area contributed by atoms with E-state index in [9.17, 15) is 0 Å². The van der Waals surface area contributed by atoms with E-state index in [1.165, 1.54) is 0 Å². The average Bonchev–Trinajstić information content (AvgIpc) is 3.07. The van der Waals surface area contributed by atoms with Crippen molar-refractivity contribution in [2.45, 2.75) is 44.5 Å². The van der Waals surface area contributed by atoms with Gasteiger partial charge in [-0.05, 0) is 26.0 Å². The van der Waals surface area contributed by atoms with Gasteiger partial charge in [0.15, 0.2) is 11.8 Å². The lowest BCUT2D eigenvalue weighted by molar-refractivity contribution is -0.901. The van der Waals surface area contributed by atoms with Crippen LogP contribution in [0.5, 0.6) is 0 Å². The molecule has 0 aliphatic carbocycles. The predicted octanol–water partition coefficient (Wildman–Crippen LogP) is 2.75. The maximum Gasteiger partial charge on any atom is 0.512 e. The summed E-state index contributed by atoms with van der Waals surface area (Å²) in [5.41, 5.74) is -0.206. The van der Waals surface area contributed by atoms with E-state index in [2.05, 4.69) is 62.5 Å². The predicted molar refractivity (Wildman–Crippen MR) is 81.2 cm³/mol. The standard InChI is InChI=1S/C15H23BN3O/c1-6-14(4)15(7-2,8-3)19-13(9-12-20-19)18-11-10-17(5)16(14)18/h7,9-12H,2,6,8H2,1,3-5H3/q+1. The van der Waals surface area contributed by atoms with Gasteiger partial charge in [-0.2, -0.15) is 0 Å². The van der Waals surface area contributed by atoms with Crippen molar-refractivity contribution in [1.82, 2.24) is 4.81 Å². The van der Waals surface area contributed by atoms with Gasteiger partial charge in [0, 0.05) is 6.20 Å². The van der Waals surface area contributed by atoms with Gasteiger partial charge in [-0.15, -0.1) is 0 Å². The summed E-state index contributed by atoms with van der Waals surface area (Å²) in [6, 6.07) is 2.04. The van der Waals surface area contributed by atoms with Crippen LogP contribution in [-0.2, 0) is 5.54 Å². The van der Waals surface area contributed by atoms with E-state index in [0.717, 1.165) is 18.7 Å². The Morgan fingerprint density at radius 1 is 1.40 bits per heavy atom. The van der Waals surface area contributed by atoms with Gasteiger partial charge in [0.05, 0.1) is 17.6 Å². The van der Waals surface area contributed by atoms with Gasteiger partial charge >= 0.3 is 12.8 Å². The Kier molecular flexibility index (Phi) is 2.78. The molecule has 4 nitrogen and oxygen atoms in total. The molecule has 0 saturated heterocycles. The fourth-order valence-corrected chi connectivity index (χ4v) is 4.21. The highest BCUT2D eigenvalue weighted by Gasteiger charge is 2.69. The number of hydrogen-bond acceptors (Lipinski definition) is 3. The Labute approximate surface area is 121 Å². The smallest absolute Gasteiger partial charge is 0.380 e. The van der Waals surface area contributed by atoms with Crippen molar-refractivity contribution < 1.29 is 9.26 Å². The van der Waals surface area contributed by atoms with Gasteiger partial charge in [-0.25, -0.2) is 0 Å². The van der Waals surface area contributed by atoms with Crippen LogP contribution in [0.1, 0.15) is 33.6 Å². The SMILES string of the molecule is C=CC1(CC)[n+]2occc2N2C=CN(C)B2C1(C)CC. The number of hydrogen-bond donors (Lipinski definition) is 0. The molecule has 0 spiro atoms. The Hall–Kier alpha value is -1.65. The van der Waals surface area contributed by atoms with Crippen LogP contribution in [-0.4, -0.2) is 18.8 Å². The normalized spacial score (nSPS) is 31.5. The minimum atomic E-state index is -0.206. The van der Waals surface area contributed by atoms with E-state index in [0.29, 0.717) is 6.98 Å². The number of rotatable bonds is 3. The Morgan fingerprint density at radius 2 is 2.15 bits per heavy atom. The monoisotopic (exact) mass is 272 g/mol. The van der Waals surface area contributed by atoms with Crippen molar-refractivity contribution in [2.75, 3.05) is 11.9 Å². The van der Waals surface area contributed by atoms with Crippen LogP contribution in [0.25, 0.3) is 0 Å². The molecule has 3 rings (SSSR count). The molecule has 2 unspecified atom stereocenters. The third kappa shape index (κ3) is 1.26. The molecule has 106 valence electrons. The second kappa shape index (κ2) is 4.17. The molecule has 0 fully saturated rings. The molecule has 2 atom stereocenters. The van der Waals surface area contributed by atoms with Gasteiger partial charge in [-0.3, -0.25) is 4.81 Å². The largest absolute Gasteiger partial charge is 0.512 e. The fourth-order valence-electron chi connectivity index (χ4n) is 4.21. The van der Waals surface area contributed by atoms with Crippen LogP contribution in [0.2, 0.25) is 5.31 Å². The minimum Gasteiger partial charge on any atom is -0.380 e. The zero-order chi connectivity index (χ0) is 14.5. The molecule has 2 aliphatic rings. The number of fused-ring (bicyclic) bond motifs is 3. The summed E-state index contributed by atoms with van der Waals surface area (Å²) in [4.78, 5) is 4.61.